The van der Waals surface area contributed by atoms with Gasteiger partial charge in [-0.1, -0.05) is 32.0 Å². The van der Waals surface area contributed by atoms with Gasteiger partial charge in [0.1, 0.15) is 6.54 Å². The lowest BCUT2D eigenvalue weighted by Gasteiger charge is -2.15. The van der Waals surface area contributed by atoms with E-state index >= 15 is 0 Å². The summed E-state index contributed by atoms with van der Waals surface area (Å²) >= 11 is 0. The standard InChI is InChI=1S/C15H23NO2/c1-5-12-8-7-9-13(6-2)15(12)16-10-14(17)18-11(3)4/h7-9,11,16H,5-6,10H2,1-4H3. The molecule has 0 atom stereocenters. The van der Waals surface area contributed by atoms with Gasteiger partial charge in [-0.05, 0) is 37.8 Å². The molecule has 100 valence electrons. The van der Waals surface area contributed by atoms with Crippen molar-refractivity contribution in [3.8, 4) is 0 Å². The molecule has 0 saturated carbocycles. The number of ether oxygens (including phenoxy) is 1. The Balaban J connectivity index is 2.74. The highest BCUT2D eigenvalue weighted by molar-refractivity contribution is 5.76. The van der Waals surface area contributed by atoms with E-state index in [1.54, 1.807) is 0 Å². The van der Waals surface area contributed by atoms with E-state index in [-0.39, 0.29) is 18.6 Å². The van der Waals surface area contributed by atoms with Crippen molar-refractivity contribution in [2.24, 2.45) is 0 Å². The first kappa shape index (κ1) is 14.6. The molecule has 1 aromatic rings. The van der Waals surface area contributed by atoms with Crippen LogP contribution >= 0.6 is 0 Å². The molecule has 3 nitrogen and oxygen atoms in total. The third kappa shape index (κ3) is 4.06. The Hall–Kier alpha value is -1.51. The van der Waals surface area contributed by atoms with Gasteiger partial charge in [0.05, 0.1) is 6.10 Å². The number of para-hydroxylation sites is 1. The molecule has 0 aromatic heterocycles. The Bertz CT molecular complexity index is 377. The van der Waals surface area contributed by atoms with Gasteiger partial charge in [-0.3, -0.25) is 4.79 Å². The Labute approximate surface area is 110 Å². The minimum Gasteiger partial charge on any atom is -0.462 e. The second-order valence-corrected chi connectivity index (χ2v) is 4.55. The van der Waals surface area contributed by atoms with E-state index in [2.05, 4.69) is 37.4 Å². The van der Waals surface area contributed by atoms with Crippen molar-refractivity contribution in [3.05, 3.63) is 29.3 Å². The second kappa shape index (κ2) is 7.04. The van der Waals surface area contributed by atoms with E-state index in [9.17, 15) is 4.79 Å². The average molecular weight is 249 g/mol. The Kier molecular flexibility index (Phi) is 5.69. The van der Waals surface area contributed by atoms with Crippen molar-refractivity contribution < 1.29 is 9.53 Å². The summed E-state index contributed by atoms with van der Waals surface area (Å²) in [7, 11) is 0. The molecule has 0 radical (unpaired) electrons. The topological polar surface area (TPSA) is 38.3 Å². The minimum atomic E-state index is -0.210. The molecule has 0 heterocycles. The molecule has 0 aliphatic heterocycles. The van der Waals surface area contributed by atoms with Crippen LogP contribution in [0.2, 0.25) is 0 Å². The van der Waals surface area contributed by atoms with Crippen molar-refractivity contribution in [2.75, 3.05) is 11.9 Å². The third-order valence-corrected chi connectivity index (χ3v) is 2.78. The van der Waals surface area contributed by atoms with E-state index in [1.807, 2.05) is 13.8 Å². The minimum absolute atomic E-state index is 0.0636. The van der Waals surface area contributed by atoms with Crippen LogP contribution in [0.15, 0.2) is 18.2 Å². The maximum atomic E-state index is 11.5. The van der Waals surface area contributed by atoms with Crippen LogP contribution in [0.3, 0.4) is 0 Å². The fourth-order valence-corrected chi connectivity index (χ4v) is 1.93. The third-order valence-electron chi connectivity index (χ3n) is 2.78. The summed E-state index contributed by atoms with van der Waals surface area (Å²) in [6, 6.07) is 6.25. The van der Waals surface area contributed by atoms with Crippen LogP contribution in [0, 0.1) is 0 Å². The number of carbonyl (C=O) groups excluding carboxylic acids is 1. The number of hydrogen-bond acceptors (Lipinski definition) is 3. The number of hydrogen-bond donors (Lipinski definition) is 1. The lowest BCUT2D eigenvalue weighted by Crippen LogP contribution is -2.21. The van der Waals surface area contributed by atoms with Gasteiger partial charge < -0.3 is 10.1 Å². The lowest BCUT2D eigenvalue weighted by molar-refractivity contribution is -0.145. The molecule has 1 N–H and O–H groups in total. The SMILES string of the molecule is CCc1cccc(CC)c1NCC(=O)OC(C)C. The molecule has 0 bridgehead atoms. The van der Waals surface area contributed by atoms with Crippen LogP contribution < -0.4 is 5.32 Å². The van der Waals surface area contributed by atoms with Gasteiger partial charge in [0.2, 0.25) is 0 Å². The molecule has 0 fully saturated rings. The van der Waals surface area contributed by atoms with Crippen molar-refractivity contribution in [3.63, 3.8) is 0 Å². The summed E-state index contributed by atoms with van der Waals surface area (Å²) in [5, 5.41) is 3.21. The van der Waals surface area contributed by atoms with Crippen molar-refractivity contribution in [1.82, 2.24) is 0 Å². The molecule has 0 aliphatic rings. The zero-order valence-electron chi connectivity index (χ0n) is 11.7. The zero-order chi connectivity index (χ0) is 13.5. The molecule has 0 spiro atoms. The summed E-state index contributed by atoms with van der Waals surface area (Å²) < 4.78 is 5.12. The van der Waals surface area contributed by atoms with E-state index in [1.165, 1.54) is 11.1 Å². The van der Waals surface area contributed by atoms with E-state index in [0.717, 1.165) is 18.5 Å². The summed E-state index contributed by atoms with van der Waals surface area (Å²) in [5.41, 5.74) is 3.57. The highest BCUT2D eigenvalue weighted by Gasteiger charge is 2.09. The first-order valence-electron chi connectivity index (χ1n) is 6.62. The summed E-state index contributed by atoms with van der Waals surface area (Å²) in [6.45, 7) is 8.17. The molecule has 0 unspecified atom stereocenters. The first-order chi connectivity index (χ1) is 8.58. The number of nitrogens with one attached hydrogen (secondary N) is 1. The molecule has 3 heteroatoms. The summed E-state index contributed by atoms with van der Waals surface area (Å²) in [5.74, 6) is -0.210. The lowest BCUT2D eigenvalue weighted by atomic mass is 10.0. The Morgan fingerprint density at radius 3 is 2.22 bits per heavy atom. The number of anilines is 1. The van der Waals surface area contributed by atoms with Crippen LogP contribution in [-0.2, 0) is 22.4 Å². The highest BCUT2D eigenvalue weighted by atomic mass is 16.5. The quantitative estimate of drug-likeness (QED) is 0.787. The Morgan fingerprint density at radius 2 is 1.78 bits per heavy atom. The highest BCUT2D eigenvalue weighted by Crippen LogP contribution is 2.22. The van der Waals surface area contributed by atoms with Crippen LogP contribution in [0.4, 0.5) is 5.69 Å². The van der Waals surface area contributed by atoms with Crippen LogP contribution in [0.5, 0.6) is 0 Å². The molecule has 18 heavy (non-hydrogen) atoms. The zero-order valence-corrected chi connectivity index (χ0v) is 11.7. The summed E-state index contributed by atoms with van der Waals surface area (Å²) in [4.78, 5) is 11.5. The fraction of sp³-hybridized carbons (Fsp3) is 0.533. The largest absolute Gasteiger partial charge is 0.462 e. The van der Waals surface area contributed by atoms with Gasteiger partial charge in [-0.15, -0.1) is 0 Å². The van der Waals surface area contributed by atoms with Crippen LogP contribution in [0.1, 0.15) is 38.8 Å². The van der Waals surface area contributed by atoms with E-state index in [4.69, 9.17) is 4.74 Å². The summed E-state index contributed by atoms with van der Waals surface area (Å²) in [6.07, 6.45) is 1.84. The number of benzene rings is 1. The normalized spacial score (nSPS) is 10.5. The van der Waals surface area contributed by atoms with Crippen molar-refractivity contribution >= 4 is 11.7 Å². The number of esters is 1. The monoisotopic (exact) mass is 249 g/mol. The van der Waals surface area contributed by atoms with Gasteiger partial charge in [0.15, 0.2) is 0 Å². The molecule has 1 rings (SSSR count). The van der Waals surface area contributed by atoms with Crippen LogP contribution in [0.25, 0.3) is 0 Å². The predicted molar refractivity (Wildman–Crippen MR) is 74.9 cm³/mol. The van der Waals surface area contributed by atoms with Gasteiger partial charge in [0.25, 0.3) is 0 Å². The molecule has 0 amide bonds. The van der Waals surface area contributed by atoms with Gasteiger partial charge in [-0.2, -0.15) is 0 Å². The number of rotatable bonds is 6. The van der Waals surface area contributed by atoms with Crippen molar-refractivity contribution in [2.45, 2.75) is 46.6 Å². The first-order valence-corrected chi connectivity index (χ1v) is 6.62. The maximum absolute atomic E-state index is 11.5. The molecule has 0 aliphatic carbocycles. The van der Waals surface area contributed by atoms with Crippen molar-refractivity contribution in [1.29, 1.82) is 0 Å². The molecular weight excluding hydrogens is 226 g/mol. The van der Waals surface area contributed by atoms with E-state index in [0.29, 0.717) is 0 Å². The van der Waals surface area contributed by atoms with Gasteiger partial charge in [-0.25, -0.2) is 0 Å². The molecule has 0 saturated heterocycles. The predicted octanol–water partition coefficient (Wildman–Crippen LogP) is 3.17. The van der Waals surface area contributed by atoms with Crippen LogP contribution in [-0.4, -0.2) is 18.6 Å². The second-order valence-electron chi connectivity index (χ2n) is 4.55. The Morgan fingerprint density at radius 1 is 1.22 bits per heavy atom. The van der Waals surface area contributed by atoms with Gasteiger partial charge in [0, 0.05) is 5.69 Å². The molecule has 1 aromatic carbocycles. The van der Waals surface area contributed by atoms with Gasteiger partial charge >= 0.3 is 5.97 Å². The fourth-order valence-electron chi connectivity index (χ4n) is 1.93. The number of carbonyl (C=O) groups is 1. The molecular formula is C15H23NO2. The average Bonchev–Trinajstić information content (AvgIpc) is 2.34. The van der Waals surface area contributed by atoms with E-state index < -0.39 is 0 Å². The smallest absolute Gasteiger partial charge is 0.325 e. The maximum Gasteiger partial charge on any atom is 0.325 e. The number of aryl methyl sites for hydroxylation is 2.